The highest BCUT2D eigenvalue weighted by Crippen LogP contribution is 2.74. The van der Waals surface area contributed by atoms with Gasteiger partial charge in [0.2, 0.25) is 5.60 Å². The predicted molar refractivity (Wildman–Crippen MR) is 121 cm³/mol. The summed E-state index contributed by atoms with van der Waals surface area (Å²) in [7, 11) is 1.03. The number of hydrogen-bond donors (Lipinski definition) is 3. The first-order chi connectivity index (χ1) is 15.8. The maximum Gasteiger partial charge on any atom is 0.344 e. The molecule has 3 saturated carbocycles. The Balaban J connectivity index is 1.95. The van der Waals surface area contributed by atoms with Gasteiger partial charge in [-0.05, 0) is 38.0 Å². The van der Waals surface area contributed by atoms with Crippen molar-refractivity contribution in [2.45, 2.75) is 78.3 Å². The molecule has 9 atom stereocenters. The SMILES string of the molecule is C=C1C[C@H]2[C@]3(C)CCC(=O)C(C)(C)[C@H]3C(=O)[C@@H](O)[C@]2(C)[C@@H]2C(=O)OC(O)([C@](C)(O)C(=O)OC)[C@]12C. The Morgan fingerprint density at radius 2 is 1.71 bits per heavy atom. The smallest absolute Gasteiger partial charge is 0.344 e. The summed E-state index contributed by atoms with van der Waals surface area (Å²) in [5, 5.41) is 34.4. The van der Waals surface area contributed by atoms with Gasteiger partial charge >= 0.3 is 11.9 Å². The Morgan fingerprint density at radius 1 is 1.14 bits per heavy atom. The maximum absolute atomic E-state index is 13.8. The van der Waals surface area contributed by atoms with Crippen molar-refractivity contribution >= 4 is 23.5 Å². The third-order valence-electron chi connectivity index (χ3n) is 10.5. The van der Waals surface area contributed by atoms with Crippen molar-refractivity contribution < 1.29 is 44.0 Å². The molecule has 0 bridgehead atoms. The Labute approximate surface area is 204 Å². The number of ether oxygens (including phenoxy) is 2. The van der Waals surface area contributed by atoms with Crippen LogP contribution in [-0.4, -0.2) is 63.4 Å². The second kappa shape index (κ2) is 7.01. The fourth-order valence-corrected chi connectivity index (χ4v) is 8.53. The topological polar surface area (TPSA) is 147 Å². The van der Waals surface area contributed by atoms with Crippen LogP contribution in [0.1, 0.15) is 60.8 Å². The molecule has 1 unspecified atom stereocenters. The van der Waals surface area contributed by atoms with Gasteiger partial charge in [0, 0.05) is 23.2 Å². The highest BCUT2D eigenvalue weighted by atomic mass is 16.7. The fourth-order valence-electron chi connectivity index (χ4n) is 8.53. The van der Waals surface area contributed by atoms with Gasteiger partial charge in [-0.3, -0.25) is 14.4 Å². The van der Waals surface area contributed by atoms with Crippen molar-refractivity contribution in [1.29, 1.82) is 0 Å². The second-order valence-electron chi connectivity index (χ2n) is 12.4. The monoisotopic (exact) mass is 492 g/mol. The normalized spacial score (nSPS) is 48.3. The minimum atomic E-state index is -2.76. The number of carbonyl (C=O) groups excluding carboxylic acids is 4. The average Bonchev–Trinajstić information content (AvgIpc) is 2.99. The quantitative estimate of drug-likeness (QED) is 0.383. The van der Waals surface area contributed by atoms with Crippen LogP contribution >= 0.6 is 0 Å². The third-order valence-corrected chi connectivity index (χ3v) is 10.5. The van der Waals surface area contributed by atoms with Crippen molar-refractivity contribution in [3.05, 3.63) is 12.2 Å². The molecule has 0 aromatic heterocycles. The van der Waals surface area contributed by atoms with E-state index in [2.05, 4.69) is 11.3 Å². The number of aliphatic hydroxyl groups excluding tert-OH is 1. The summed E-state index contributed by atoms with van der Waals surface area (Å²) in [5.74, 6) is -8.04. The maximum atomic E-state index is 13.8. The summed E-state index contributed by atoms with van der Waals surface area (Å²) in [6.45, 7) is 13.6. The van der Waals surface area contributed by atoms with Gasteiger partial charge in [0.25, 0.3) is 5.79 Å². The van der Waals surface area contributed by atoms with Gasteiger partial charge in [0.1, 0.15) is 11.9 Å². The molecule has 4 aliphatic rings. The largest absolute Gasteiger partial charge is 0.467 e. The molecule has 9 heteroatoms. The molecule has 0 spiro atoms. The van der Waals surface area contributed by atoms with Gasteiger partial charge in [-0.2, -0.15) is 0 Å². The number of Topliss-reactive ketones (excluding diaryl/α,β-unsaturated/α-hetero) is 2. The van der Waals surface area contributed by atoms with Crippen LogP contribution in [0.2, 0.25) is 0 Å². The van der Waals surface area contributed by atoms with E-state index in [9.17, 15) is 34.5 Å². The Morgan fingerprint density at radius 3 is 2.26 bits per heavy atom. The minimum absolute atomic E-state index is 0.0487. The lowest BCUT2D eigenvalue weighted by atomic mass is 9.35. The molecule has 4 rings (SSSR count). The molecule has 0 radical (unpaired) electrons. The predicted octanol–water partition coefficient (Wildman–Crippen LogP) is 1.32. The lowest BCUT2D eigenvalue weighted by Crippen LogP contribution is -2.74. The molecule has 3 N–H and O–H groups in total. The van der Waals surface area contributed by atoms with Gasteiger partial charge < -0.3 is 24.8 Å². The first-order valence-electron chi connectivity index (χ1n) is 12.0. The first kappa shape index (κ1) is 26.0. The zero-order valence-electron chi connectivity index (χ0n) is 21.4. The van der Waals surface area contributed by atoms with Crippen LogP contribution in [0.25, 0.3) is 0 Å². The fraction of sp³-hybridized carbons (Fsp3) is 0.769. The third kappa shape index (κ3) is 2.59. The second-order valence-corrected chi connectivity index (χ2v) is 12.4. The number of ketones is 2. The number of aliphatic hydroxyl groups is 3. The van der Waals surface area contributed by atoms with E-state index >= 15 is 0 Å². The molecule has 0 aromatic rings. The highest BCUT2D eigenvalue weighted by Gasteiger charge is 2.82. The van der Waals surface area contributed by atoms with Gasteiger partial charge in [-0.15, -0.1) is 0 Å². The first-order valence-corrected chi connectivity index (χ1v) is 12.0. The molecule has 35 heavy (non-hydrogen) atoms. The molecule has 0 amide bonds. The van der Waals surface area contributed by atoms with Crippen LogP contribution < -0.4 is 0 Å². The number of hydrogen-bond acceptors (Lipinski definition) is 9. The summed E-state index contributed by atoms with van der Waals surface area (Å²) in [6, 6.07) is 0. The molecule has 9 nitrogen and oxygen atoms in total. The number of esters is 2. The molecule has 1 aliphatic heterocycles. The Bertz CT molecular complexity index is 1060. The van der Waals surface area contributed by atoms with Gasteiger partial charge in [-0.1, -0.05) is 39.8 Å². The van der Waals surface area contributed by atoms with E-state index in [-0.39, 0.29) is 18.6 Å². The summed E-state index contributed by atoms with van der Waals surface area (Å²) in [6.07, 6.45) is -0.808. The number of fused-ring (bicyclic) bond motifs is 5. The van der Waals surface area contributed by atoms with E-state index in [1.54, 1.807) is 20.8 Å². The van der Waals surface area contributed by atoms with E-state index < -0.39 is 74.6 Å². The lowest BCUT2D eigenvalue weighted by Gasteiger charge is -2.67. The van der Waals surface area contributed by atoms with Gasteiger partial charge in [0.05, 0.1) is 18.4 Å². The van der Waals surface area contributed by atoms with Crippen molar-refractivity contribution in [2.24, 2.45) is 39.4 Å². The molecule has 1 saturated heterocycles. The molecule has 3 aliphatic carbocycles. The number of cyclic esters (lactones) is 1. The molecule has 0 aromatic carbocycles. The van der Waals surface area contributed by atoms with Crippen LogP contribution in [0.15, 0.2) is 12.2 Å². The summed E-state index contributed by atoms with van der Waals surface area (Å²) < 4.78 is 10.1. The highest BCUT2D eigenvalue weighted by molar-refractivity contribution is 5.98. The van der Waals surface area contributed by atoms with Crippen molar-refractivity contribution in [3.63, 3.8) is 0 Å². The van der Waals surface area contributed by atoms with E-state index in [0.29, 0.717) is 12.0 Å². The van der Waals surface area contributed by atoms with Crippen molar-refractivity contribution in [3.8, 4) is 0 Å². The number of methoxy groups -OCH3 is 1. The number of rotatable bonds is 2. The zero-order valence-corrected chi connectivity index (χ0v) is 21.4. The Kier molecular flexibility index (Phi) is 5.21. The molecular formula is C26H36O9. The summed E-state index contributed by atoms with van der Waals surface area (Å²) >= 11 is 0. The van der Waals surface area contributed by atoms with Crippen molar-refractivity contribution in [1.82, 2.24) is 0 Å². The standard InChI is InChI=1S/C26H36O9/c1-12-11-13-22(4)10-9-14(27)21(2,3)16(22)15(28)18(29)23(13,5)17-19(30)35-26(33,24(12,17)6)25(7,32)20(31)34-8/h13,16-18,29,32-33H,1,9-11H2,2-8H3/t13-,16+,17-,18+,22-,23-,24+,25+,26?/m0/s1. The average molecular weight is 493 g/mol. The van der Waals surface area contributed by atoms with Crippen LogP contribution in [0.5, 0.6) is 0 Å². The van der Waals surface area contributed by atoms with E-state index in [0.717, 1.165) is 14.0 Å². The van der Waals surface area contributed by atoms with Crippen LogP contribution in [-0.2, 0) is 28.7 Å². The molecule has 4 fully saturated rings. The summed E-state index contributed by atoms with van der Waals surface area (Å²) in [4.78, 5) is 52.6. The molecular weight excluding hydrogens is 456 g/mol. The Hall–Kier alpha value is -2.10. The van der Waals surface area contributed by atoms with Gasteiger partial charge in [0.15, 0.2) is 5.78 Å². The zero-order chi connectivity index (χ0) is 26.7. The van der Waals surface area contributed by atoms with E-state index in [4.69, 9.17) is 4.74 Å². The van der Waals surface area contributed by atoms with Crippen LogP contribution in [0.3, 0.4) is 0 Å². The molecule has 1 heterocycles. The van der Waals surface area contributed by atoms with Gasteiger partial charge in [-0.25, -0.2) is 4.79 Å². The van der Waals surface area contributed by atoms with Crippen LogP contribution in [0.4, 0.5) is 0 Å². The minimum Gasteiger partial charge on any atom is -0.467 e. The van der Waals surface area contributed by atoms with Crippen molar-refractivity contribution in [2.75, 3.05) is 7.11 Å². The van der Waals surface area contributed by atoms with Crippen LogP contribution in [0, 0.1) is 39.4 Å². The summed E-state index contributed by atoms with van der Waals surface area (Å²) in [5.41, 5.74) is -7.24. The lowest BCUT2D eigenvalue weighted by molar-refractivity contribution is -0.304. The van der Waals surface area contributed by atoms with E-state index in [1.807, 2.05) is 6.92 Å². The molecule has 194 valence electrons. The van der Waals surface area contributed by atoms with E-state index in [1.165, 1.54) is 6.92 Å². The number of carbonyl (C=O) groups is 4.